The Morgan fingerprint density at radius 2 is 1.75 bits per heavy atom. The van der Waals surface area contributed by atoms with Crippen LogP contribution in [-0.2, 0) is 42.0 Å². The first kappa shape index (κ1) is 34.7. The Bertz CT molecular complexity index is 1630. The van der Waals surface area contributed by atoms with Gasteiger partial charge in [0.15, 0.2) is 12.1 Å². The Kier molecular flexibility index (Phi) is 10.7. The number of aliphatic hydroxyl groups excluding tert-OH is 1. The van der Waals surface area contributed by atoms with E-state index in [4.69, 9.17) is 18.6 Å². The van der Waals surface area contributed by atoms with Crippen LogP contribution in [-0.4, -0.2) is 92.6 Å². The van der Waals surface area contributed by atoms with Crippen molar-refractivity contribution in [2.24, 2.45) is 29.6 Å². The molecule has 12 heteroatoms. The maximum atomic E-state index is 14.0. The van der Waals surface area contributed by atoms with E-state index in [0.29, 0.717) is 43.4 Å². The lowest BCUT2D eigenvalue weighted by molar-refractivity contribution is -0.178. The lowest BCUT2D eigenvalue weighted by Crippen LogP contribution is -2.43. The molecule has 3 heterocycles. The number of hydrogen-bond acceptors (Lipinski definition) is 10. The van der Waals surface area contributed by atoms with Crippen LogP contribution in [0.1, 0.15) is 38.1 Å². The first-order valence-electron chi connectivity index (χ1n) is 16.8. The van der Waals surface area contributed by atoms with Gasteiger partial charge in [-0.25, -0.2) is 13.4 Å². The summed E-state index contributed by atoms with van der Waals surface area (Å²) in [4.78, 5) is 19.9. The van der Waals surface area contributed by atoms with Crippen molar-refractivity contribution in [1.29, 1.82) is 0 Å². The number of rotatable bonds is 15. The Morgan fingerprint density at radius 3 is 2.46 bits per heavy atom. The van der Waals surface area contributed by atoms with Crippen molar-refractivity contribution < 1.29 is 36.9 Å². The first-order chi connectivity index (χ1) is 23.0. The van der Waals surface area contributed by atoms with Gasteiger partial charge in [-0.2, -0.15) is 4.31 Å². The van der Waals surface area contributed by atoms with Crippen LogP contribution in [0.3, 0.4) is 0 Å². The topological polar surface area (TPSA) is 132 Å². The van der Waals surface area contributed by atoms with Crippen LogP contribution < -0.4 is 0 Å². The molecule has 48 heavy (non-hydrogen) atoms. The smallest absolute Gasteiger partial charge is 0.306 e. The van der Waals surface area contributed by atoms with Crippen molar-refractivity contribution in [3.63, 3.8) is 0 Å². The highest BCUT2D eigenvalue weighted by atomic mass is 32.2. The predicted octanol–water partition coefficient (Wildman–Crippen LogP) is 4.21. The fourth-order valence-electron chi connectivity index (χ4n) is 7.29. The molecule has 3 aromatic rings. The molecular weight excluding hydrogens is 634 g/mol. The highest BCUT2D eigenvalue weighted by Gasteiger charge is 2.56. The van der Waals surface area contributed by atoms with E-state index in [1.807, 2.05) is 63.2 Å². The van der Waals surface area contributed by atoms with Crippen molar-refractivity contribution >= 4 is 16.0 Å². The van der Waals surface area contributed by atoms with E-state index < -0.39 is 28.0 Å². The second kappa shape index (κ2) is 14.8. The molecule has 2 saturated heterocycles. The van der Waals surface area contributed by atoms with Gasteiger partial charge in [0.2, 0.25) is 15.9 Å². The number of oxazole rings is 1. The quantitative estimate of drug-likeness (QED) is 0.233. The lowest BCUT2D eigenvalue weighted by atomic mass is 9.90. The molecule has 7 atom stereocenters. The van der Waals surface area contributed by atoms with Crippen molar-refractivity contribution in [2.45, 2.75) is 63.0 Å². The van der Waals surface area contributed by atoms with Crippen LogP contribution in [0.4, 0.5) is 0 Å². The Labute approximate surface area is 283 Å². The van der Waals surface area contributed by atoms with Gasteiger partial charge in [-0.05, 0) is 62.7 Å². The van der Waals surface area contributed by atoms with Crippen molar-refractivity contribution in [1.82, 2.24) is 14.2 Å². The largest absolute Gasteiger partial charge is 0.462 e. The summed E-state index contributed by atoms with van der Waals surface area (Å²) in [6, 6.07) is 16.1. The van der Waals surface area contributed by atoms with E-state index in [2.05, 4.69) is 4.98 Å². The summed E-state index contributed by atoms with van der Waals surface area (Å²) >= 11 is 0. The molecule has 0 radical (unpaired) electrons. The van der Waals surface area contributed by atoms with E-state index in [1.165, 1.54) is 4.31 Å². The monoisotopic (exact) mass is 681 g/mol. The van der Waals surface area contributed by atoms with E-state index in [-0.39, 0.29) is 60.5 Å². The Hall–Kier alpha value is -3.13. The minimum Gasteiger partial charge on any atom is -0.462 e. The number of carbonyl (C=O) groups excluding carboxylic acids is 1. The molecule has 2 aliphatic heterocycles. The molecule has 3 fully saturated rings. The number of benzene rings is 2. The summed E-state index contributed by atoms with van der Waals surface area (Å²) in [7, 11) is -0.145. The zero-order valence-corrected chi connectivity index (χ0v) is 28.9. The van der Waals surface area contributed by atoms with Gasteiger partial charge in [-0.1, -0.05) is 44.2 Å². The van der Waals surface area contributed by atoms with Crippen molar-refractivity contribution in [3.8, 4) is 11.3 Å². The molecule has 4 unspecified atom stereocenters. The summed E-state index contributed by atoms with van der Waals surface area (Å²) in [6.45, 7) is 5.48. The SMILES string of the molecule is CC(C)CN(C[C@@H](O)[C@@H](CC(=O)OC1C2COC3OC[C@H]1CC32)Cc1ccccc1)S(=O)(=O)c1ccc(-c2cnc(CN(C)C)o2)cc1. The van der Waals surface area contributed by atoms with Crippen LogP contribution in [0.5, 0.6) is 0 Å². The predicted molar refractivity (Wildman–Crippen MR) is 178 cm³/mol. The van der Waals surface area contributed by atoms with Crippen molar-refractivity contribution in [2.75, 3.05) is 40.4 Å². The number of aliphatic hydroxyl groups is 1. The molecule has 6 rings (SSSR count). The fourth-order valence-corrected chi connectivity index (χ4v) is 8.91. The molecule has 3 aliphatic rings. The number of aromatic nitrogens is 1. The summed E-state index contributed by atoms with van der Waals surface area (Å²) in [5.41, 5.74) is 1.65. The Balaban J connectivity index is 1.18. The van der Waals surface area contributed by atoms with Crippen LogP contribution >= 0.6 is 0 Å². The van der Waals surface area contributed by atoms with Gasteiger partial charge in [0, 0.05) is 42.3 Å². The molecule has 0 amide bonds. The molecule has 0 spiro atoms. The molecule has 1 aromatic heterocycles. The van der Waals surface area contributed by atoms with Crippen molar-refractivity contribution in [3.05, 3.63) is 72.2 Å². The van der Waals surface area contributed by atoms with Gasteiger partial charge in [0.05, 0.1) is 43.4 Å². The summed E-state index contributed by atoms with van der Waals surface area (Å²) in [6.07, 6.45) is 1.29. The fraction of sp³-hybridized carbons (Fsp3) is 0.556. The average molecular weight is 682 g/mol. The standard InChI is InChI=1S/C36H47N3O8S/c1-23(2)18-39(48(42,43)28-12-10-25(11-13-28)32-17-37-33(46-32)20-38(3)4)19-31(40)26(14-24-8-6-5-7-9-24)16-34(41)47-35-27-15-29-30(35)22-45-36(29)44-21-27/h5-13,17,23,26-27,29-31,35-36,40H,14-16,18-22H2,1-4H3/t26-,27-,29?,30?,31-,35?,36?/m1/s1. The summed E-state index contributed by atoms with van der Waals surface area (Å²) < 4.78 is 53.0. The molecule has 260 valence electrons. The minimum atomic E-state index is -3.99. The lowest BCUT2D eigenvalue weighted by Gasteiger charge is -2.31. The number of carbonyl (C=O) groups is 1. The third-order valence-electron chi connectivity index (χ3n) is 9.61. The normalized spacial score (nSPS) is 24.8. The van der Waals surface area contributed by atoms with E-state index in [9.17, 15) is 18.3 Å². The third-order valence-corrected chi connectivity index (χ3v) is 11.5. The molecule has 1 saturated carbocycles. The molecule has 2 bridgehead atoms. The van der Waals surface area contributed by atoms with Gasteiger partial charge in [-0.15, -0.1) is 0 Å². The van der Waals surface area contributed by atoms with Crippen LogP contribution in [0.15, 0.2) is 70.1 Å². The molecule has 1 aliphatic carbocycles. The van der Waals surface area contributed by atoms with Gasteiger partial charge in [-0.3, -0.25) is 4.79 Å². The van der Waals surface area contributed by atoms with Crippen LogP contribution in [0.2, 0.25) is 0 Å². The number of ether oxygens (including phenoxy) is 3. The van der Waals surface area contributed by atoms with Gasteiger partial charge in [0.1, 0.15) is 6.10 Å². The van der Waals surface area contributed by atoms with Gasteiger partial charge >= 0.3 is 5.97 Å². The van der Waals surface area contributed by atoms with Gasteiger partial charge < -0.3 is 28.6 Å². The minimum absolute atomic E-state index is 0.00510. The number of hydrogen-bond donors (Lipinski definition) is 1. The first-order valence-corrected chi connectivity index (χ1v) is 18.3. The maximum absolute atomic E-state index is 14.0. The second-order valence-electron chi connectivity index (χ2n) is 14.1. The van der Waals surface area contributed by atoms with Crippen LogP contribution in [0, 0.1) is 29.6 Å². The molecule has 11 nitrogen and oxygen atoms in total. The maximum Gasteiger partial charge on any atom is 0.306 e. The van der Waals surface area contributed by atoms with E-state index in [1.54, 1.807) is 30.5 Å². The number of fused-ring (bicyclic) bond motifs is 1. The van der Waals surface area contributed by atoms with E-state index in [0.717, 1.165) is 12.0 Å². The summed E-state index contributed by atoms with van der Waals surface area (Å²) in [5, 5.41) is 11.7. The molecule has 2 aromatic carbocycles. The van der Waals surface area contributed by atoms with Gasteiger partial charge in [0.25, 0.3) is 0 Å². The zero-order valence-electron chi connectivity index (χ0n) is 28.1. The van der Waals surface area contributed by atoms with E-state index >= 15 is 0 Å². The summed E-state index contributed by atoms with van der Waals surface area (Å²) in [5.74, 6) is 0.649. The highest BCUT2D eigenvalue weighted by molar-refractivity contribution is 7.89. The average Bonchev–Trinajstić information content (AvgIpc) is 3.75. The molecule has 1 N–H and O–H groups in total. The Morgan fingerprint density at radius 1 is 1.02 bits per heavy atom. The zero-order chi connectivity index (χ0) is 34.0. The number of nitrogens with zero attached hydrogens (tertiary/aromatic N) is 3. The van der Waals surface area contributed by atoms with Crippen LogP contribution in [0.25, 0.3) is 11.3 Å². The highest BCUT2D eigenvalue weighted by Crippen LogP contribution is 2.49. The molecular formula is C36H47N3O8S. The number of esters is 1. The number of sulfonamides is 1. The third kappa shape index (κ3) is 7.85. The second-order valence-corrected chi connectivity index (χ2v) is 16.1.